The first kappa shape index (κ1) is 15.1. The minimum atomic E-state index is -0.226. The van der Waals surface area contributed by atoms with Crippen molar-refractivity contribution in [3.63, 3.8) is 0 Å². The molecule has 20 heavy (non-hydrogen) atoms. The molecule has 0 N–H and O–H groups in total. The molecule has 0 heterocycles. The Morgan fingerprint density at radius 3 is 2.40 bits per heavy atom. The second-order valence-corrected chi connectivity index (χ2v) is 5.55. The van der Waals surface area contributed by atoms with E-state index in [1.54, 1.807) is 13.0 Å². The summed E-state index contributed by atoms with van der Waals surface area (Å²) in [4.78, 5) is 0. The lowest BCUT2D eigenvalue weighted by molar-refractivity contribution is 0.617. The molecule has 0 radical (unpaired) electrons. The van der Waals surface area contributed by atoms with Gasteiger partial charge in [0.1, 0.15) is 5.82 Å². The Bertz CT molecular complexity index is 604. The Morgan fingerprint density at radius 2 is 1.80 bits per heavy atom. The lowest BCUT2D eigenvalue weighted by Gasteiger charge is -2.16. The molecule has 0 bridgehead atoms. The van der Waals surface area contributed by atoms with Crippen molar-refractivity contribution in [2.75, 3.05) is 0 Å². The zero-order chi connectivity index (χ0) is 14.7. The number of aryl methyl sites for hydroxylation is 3. The summed E-state index contributed by atoms with van der Waals surface area (Å²) in [5, 5.41) is -0.226. The van der Waals surface area contributed by atoms with Crippen LogP contribution in [-0.2, 0) is 12.8 Å². The fraction of sp³-hybridized carbons (Fsp3) is 0.333. The van der Waals surface area contributed by atoms with E-state index in [9.17, 15) is 4.39 Å². The summed E-state index contributed by atoms with van der Waals surface area (Å²) in [6.45, 7) is 6.03. The summed E-state index contributed by atoms with van der Waals surface area (Å²) in [6, 6.07) is 11.6. The summed E-state index contributed by atoms with van der Waals surface area (Å²) in [5.41, 5.74) is 5.26. The van der Waals surface area contributed by atoms with Crippen LogP contribution < -0.4 is 0 Å². The largest absolute Gasteiger partial charge is 0.207 e. The molecular formula is C18H20ClF. The number of benzene rings is 2. The van der Waals surface area contributed by atoms with Crippen LogP contribution in [0.4, 0.5) is 4.39 Å². The highest BCUT2D eigenvalue weighted by Gasteiger charge is 2.15. The quantitative estimate of drug-likeness (QED) is 0.644. The normalized spacial score (nSPS) is 12.4. The lowest BCUT2D eigenvalue weighted by atomic mass is 9.94. The number of hydrogen-bond acceptors (Lipinski definition) is 0. The van der Waals surface area contributed by atoms with E-state index in [1.807, 2.05) is 6.07 Å². The van der Waals surface area contributed by atoms with Crippen LogP contribution in [0.3, 0.4) is 0 Å². The van der Waals surface area contributed by atoms with E-state index in [-0.39, 0.29) is 11.2 Å². The van der Waals surface area contributed by atoms with Gasteiger partial charge < -0.3 is 0 Å². The van der Waals surface area contributed by atoms with E-state index in [4.69, 9.17) is 11.6 Å². The SMILES string of the molecule is CCc1ccc(CC)c(C(Cl)c2ccc(F)c(C)c2)c1. The molecule has 0 saturated carbocycles. The second kappa shape index (κ2) is 6.41. The van der Waals surface area contributed by atoms with Crippen LogP contribution in [0, 0.1) is 12.7 Å². The molecule has 0 spiro atoms. The first-order valence-corrected chi connectivity index (χ1v) is 7.52. The van der Waals surface area contributed by atoms with Crippen LogP contribution in [0.25, 0.3) is 0 Å². The maximum atomic E-state index is 13.4. The van der Waals surface area contributed by atoms with Gasteiger partial charge in [-0.25, -0.2) is 4.39 Å². The molecule has 0 fully saturated rings. The summed E-state index contributed by atoms with van der Waals surface area (Å²) in [7, 11) is 0. The zero-order valence-corrected chi connectivity index (χ0v) is 13.0. The van der Waals surface area contributed by atoms with Gasteiger partial charge in [-0.2, -0.15) is 0 Å². The zero-order valence-electron chi connectivity index (χ0n) is 12.2. The van der Waals surface area contributed by atoms with Gasteiger partial charge in [0.2, 0.25) is 0 Å². The highest BCUT2D eigenvalue weighted by atomic mass is 35.5. The fourth-order valence-electron chi connectivity index (χ4n) is 2.43. The molecule has 0 saturated heterocycles. The van der Waals surface area contributed by atoms with Crippen LogP contribution in [-0.4, -0.2) is 0 Å². The third-order valence-corrected chi connectivity index (χ3v) is 4.23. The van der Waals surface area contributed by atoms with Crippen LogP contribution in [0.1, 0.15) is 47.0 Å². The van der Waals surface area contributed by atoms with Crippen LogP contribution in [0.2, 0.25) is 0 Å². The van der Waals surface area contributed by atoms with Crippen molar-refractivity contribution in [2.45, 2.75) is 39.0 Å². The van der Waals surface area contributed by atoms with Crippen molar-refractivity contribution in [3.8, 4) is 0 Å². The molecule has 0 aliphatic heterocycles. The smallest absolute Gasteiger partial charge is 0.126 e. The first-order valence-electron chi connectivity index (χ1n) is 7.08. The molecule has 2 rings (SSSR count). The average molecular weight is 291 g/mol. The molecule has 0 aromatic heterocycles. The Hall–Kier alpha value is -1.34. The first-order chi connectivity index (χ1) is 9.56. The van der Waals surface area contributed by atoms with Gasteiger partial charge in [-0.15, -0.1) is 11.6 Å². The van der Waals surface area contributed by atoms with Crippen molar-refractivity contribution in [1.82, 2.24) is 0 Å². The van der Waals surface area contributed by atoms with Crippen molar-refractivity contribution < 1.29 is 4.39 Å². The summed E-state index contributed by atoms with van der Waals surface area (Å²) >= 11 is 6.65. The van der Waals surface area contributed by atoms with Gasteiger partial charge in [0.15, 0.2) is 0 Å². The van der Waals surface area contributed by atoms with Gasteiger partial charge in [-0.3, -0.25) is 0 Å². The molecule has 0 aliphatic rings. The molecule has 0 nitrogen and oxygen atoms in total. The number of rotatable bonds is 4. The Labute approximate surface area is 125 Å². The van der Waals surface area contributed by atoms with Crippen LogP contribution >= 0.6 is 11.6 Å². The molecule has 0 aliphatic carbocycles. The van der Waals surface area contributed by atoms with E-state index >= 15 is 0 Å². The maximum Gasteiger partial charge on any atom is 0.126 e. The second-order valence-electron chi connectivity index (χ2n) is 5.11. The summed E-state index contributed by atoms with van der Waals surface area (Å²) in [5.74, 6) is -0.185. The van der Waals surface area contributed by atoms with Crippen molar-refractivity contribution in [3.05, 3.63) is 70.0 Å². The molecule has 1 unspecified atom stereocenters. The predicted molar refractivity (Wildman–Crippen MR) is 84.0 cm³/mol. The van der Waals surface area contributed by atoms with Gasteiger partial charge in [0.05, 0.1) is 5.38 Å². The van der Waals surface area contributed by atoms with E-state index < -0.39 is 0 Å². The lowest BCUT2D eigenvalue weighted by Crippen LogP contribution is -2.01. The summed E-state index contributed by atoms with van der Waals surface area (Å²) < 4.78 is 13.4. The van der Waals surface area contributed by atoms with Gasteiger partial charge in [0.25, 0.3) is 0 Å². The molecule has 2 aromatic carbocycles. The third-order valence-electron chi connectivity index (χ3n) is 3.75. The van der Waals surface area contributed by atoms with Gasteiger partial charge in [0, 0.05) is 0 Å². The van der Waals surface area contributed by atoms with Crippen molar-refractivity contribution in [2.24, 2.45) is 0 Å². The highest BCUT2D eigenvalue weighted by Crippen LogP contribution is 2.33. The molecular weight excluding hydrogens is 271 g/mol. The van der Waals surface area contributed by atoms with Crippen molar-refractivity contribution >= 4 is 11.6 Å². The topological polar surface area (TPSA) is 0 Å². The van der Waals surface area contributed by atoms with E-state index in [2.05, 4.69) is 32.0 Å². The van der Waals surface area contributed by atoms with Gasteiger partial charge >= 0.3 is 0 Å². The Balaban J connectivity index is 2.45. The predicted octanol–water partition coefficient (Wildman–Crippen LogP) is 5.59. The van der Waals surface area contributed by atoms with E-state index in [0.29, 0.717) is 5.56 Å². The monoisotopic (exact) mass is 290 g/mol. The summed E-state index contributed by atoms with van der Waals surface area (Å²) in [6.07, 6.45) is 1.94. The van der Waals surface area contributed by atoms with Gasteiger partial charge in [-0.05, 0) is 53.6 Å². The molecule has 1 atom stereocenters. The molecule has 0 amide bonds. The standard InChI is InChI=1S/C18H20ClF/c1-4-13-6-7-14(5-2)16(11-13)18(19)15-8-9-17(20)12(3)10-15/h6-11,18H,4-5H2,1-3H3. The molecule has 2 heteroatoms. The Morgan fingerprint density at radius 1 is 1.05 bits per heavy atom. The average Bonchev–Trinajstić information content (AvgIpc) is 2.48. The minimum absolute atomic E-state index is 0.185. The number of alkyl halides is 1. The van der Waals surface area contributed by atoms with E-state index in [1.165, 1.54) is 17.2 Å². The van der Waals surface area contributed by atoms with E-state index in [0.717, 1.165) is 24.0 Å². The molecule has 2 aromatic rings. The maximum absolute atomic E-state index is 13.4. The third kappa shape index (κ3) is 3.04. The minimum Gasteiger partial charge on any atom is -0.207 e. The fourth-order valence-corrected chi connectivity index (χ4v) is 2.77. The number of hydrogen-bond donors (Lipinski definition) is 0. The Kier molecular flexibility index (Phi) is 4.82. The van der Waals surface area contributed by atoms with Gasteiger partial charge in [-0.1, -0.05) is 44.2 Å². The van der Waals surface area contributed by atoms with Crippen LogP contribution in [0.15, 0.2) is 36.4 Å². The highest BCUT2D eigenvalue weighted by molar-refractivity contribution is 6.22. The van der Waals surface area contributed by atoms with Crippen LogP contribution in [0.5, 0.6) is 0 Å². The van der Waals surface area contributed by atoms with Crippen molar-refractivity contribution in [1.29, 1.82) is 0 Å². The molecule has 106 valence electrons. The number of halogens is 2.